The third kappa shape index (κ3) is 21.2. The third-order valence-electron chi connectivity index (χ3n) is 3.23. The molecule has 0 saturated heterocycles. The summed E-state index contributed by atoms with van der Waals surface area (Å²) in [6, 6.07) is 0. The summed E-state index contributed by atoms with van der Waals surface area (Å²) in [5.41, 5.74) is 0. The van der Waals surface area contributed by atoms with E-state index in [-0.39, 0.29) is 78.4 Å². The third-order valence-corrected chi connectivity index (χ3v) is 3.23. The predicted octanol–water partition coefficient (Wildman–Crippen LogP) is -8.61. The van der Waals surface area contributed by atoms with Crippen LogP contribution in [0.4, 0.5) is 0 Å². The van der Waals surface area contributed by atoms with Gasteiger partial charge in [0, 0.05) is 58.9 Å². The van der Waals surface area contributed by atoms with Crippen LogP contribution in [-0.2, 0) is 24.0 Å². The molecule has 0 amide bonds. The maximum absolute atomic E-state index is 10.8. The fraction of sp³-hybridized carbons (Fsp3) is 0.643. The molecule has 0 spiro atoms. The van der Waals surface area contributed by atoms with Crippen LogP contribution >= 0.6 is 0 Å². The zero-order chi connectivity index (χ0) is 21.0. The second-order valence-electron chi connectivity index (χ2n) is 5.56. The molecule has 16 heteroatoms. The van der Waals surface area contributed by atoms with Crippen molar-refractivity contribution in [1.82, 2.24) is 27.0 Å². The Morgan fingerprint density at radius 2 is 0.600 bits per heavy atom. The first-order valence-corrected chi connectivity index (χ1v) is 7.66. The van der Waals surface area contributed by atoms with E-state index in [4.69, 9.17) is 0 Å². The van der Waals surface area contributed by atoms with E-state index < -0.39 is 62.6 Å². The van der Waals surface area contributed by atoms with Crippen LogP contribution < -0.4 is 37.8 Å². The van der Waals surface area contributed by atoms with E-state index in [0.717, 1.165) is 9.80 Å². The molecular formula is C14H26GdN5O10. The minimum atomic E-state index is -1.54. The topological polar surface area (TPSA) is 283 Å². The van der Waals surface area contributed by atoms with Crippen molar-refractivity contribution in [3.05, 3.63) is 0 Å². The monoisotopic (exact) mass is 582 g/mol. The SMILES string of the molecule is O=C([O-])CN(CCN(CC(=O)[O-])CC(=O)[O-])CCN(CC(=O)[O-])CC(=O)[O-].[Gd+3].[NH4+].[NH4+]. The first kappa shape index (κ1) is 35.9. The second-order valence-corrected chi connectivity index (χ2v) is 5.56. The van der Waals surface area contributed by atoms with Gasteiger partial charge < -0.3 is 61.8 Å². The van der Waals surface area contributed by atoms with Crippen LogP contribution in [0.2, 0.25) is 0 Å². The van der Waals surface area contributed by atoms with Gasteiger partial charge in [0.2, 0.25) is 0 Å². The number of rotatable bonds is 16. The summed E-state index contributed by atoms with van der Waals surface area (Å²) in [5, 5.41) is 53.3. The molecular weight excluding hydrogens is 555 g/mol. The molecule has 0 aliphatic carbocycles. The minimum Gasteiger partial charge on any atom is -0.549 e. The van der Waals surface area contributed by atoms with Crippen molar-refractivity contribution in [3.63, 3.8) is 0 Å². The van der Waals surface area contributed by atoms with Crippen LogP contribution in [0.1, 0.15) is 0 Å². The largest absolute Gasteiger partial charge is 3.00 e. The van der Waals surface area contributed by atoms with E-state index in [1.165, 1.54) is 4.90 Å². The molecule has 0 aromatic heterocycles. The maximum Gasteiger partial charge on any atom is 3.00 e. The Bertz CT molecular complexity index is 493. The van der Waals surface area contributed by atoms with Gasteiger partial charge in [0.15, 0.2) is 0 Å². The summed E-state index contributed by atoms with van der Waals surface area (Å²) in [6.07, 6.45) is 0. The molecule has 8 N–H and O–H groups in total. The number of carboxylic acids is 5. The Morgan fingerprint density at radius 3 is 0.800 bits per heavy atom. The van der Waals surface area contributed by atoms with Crippen molar-refractivity contribution < 1.29 is 89.4 Å². The van der Waals surface area contributed by atoms with Gasteiger partial charge in [-0.05, 0) is 0 Å². The van der Waals surface area contributed by atoms with E-state index in [1.807, 2.05) is 0 Å². The van der Waals surface area contributed by atoms with Crippen molar-refractivity contribution in [2.45, 2.75) is 0 Å². The number of carboxylic acid groups (broad SMARTS) is 5. The fourth-order valence-corrected chi connectivity index (χ4v) is 2.18. The molecule has 0 aromatic rings. The van der Waals surface area contributed by atoms with Crippen LogP contribution in [0.5, 0.6) is 0 Å². The van der Waals surface area contributed by atoms with Crippen LogP contribution in [0, 0.1) is 39.9 Å². The molecule has 0 aliphatic rings. The van der Waals surface area contributed by atoms with E-state index in [2.05, 4.69) is 0 Å². The summed E-state index contributed by atoms with van der Waals surface area (Å²) in [5.74, 6) is -7.67. The van der Waals surface area contributed by atoms with Crippen molar-refractivity contribution in [2.75, 3.05) is 58.9 Å². The van der Waals surface area contributed by atoms with Gasteiger partial charge in [0.1, 0.15) is 0 Å². The van der Waals surface area contributed by atoms with Crippen molar-refractivity contribution in [3.8, 4) is 0 Å². The number of aliphatic carboxylic acids is 5. The summed E-state index contributed by atoms with van der Waals surface area (Å²) >= 11 is 0. The minimum absolute atomic E-state index is 0. The Labute approximate surface area is 204 Å². The van der Waals surface area contributed by atoms with Crippen molar-refractivity contribution in [2.24, 2.45) is 0 Å². The molecule has 0 fully saturated rings. The van der Waals surface area contributed by atoms with Crippen LogP contribution in [0.3, 0.4) is 0 Å². The molecule has 1 radical (unpaired) electrons. The van der Waals surface area contributed by atoms with Gasteiger partial charge >= 0.3 is 39.9 Å². The first-order chi connectivity index (χ1) is 12.5. The molecule has 175 valence electrons. The van der Waals surface area contributed by atoms with Gasteiger partial charge in [-0.3, -0.25) is 14.7 Å². The molecule has 15 nitrogen and oxygen atoms in total. The molecule has 0 saturated carbocycles. The van der Waals surface area contributed by atoms with Gasteiger partial charge in [-0.1, -0.05) is 0 Å². The Hall–Kier alpha value is -1.53. The Balaban J connectivity index is -0.00000113. The standard InChI is InChI=1S/C14H23N3O10.Gd.2H3N/c18-10(19)5-15(1-3-16(6-11(20)21)7-12(22)23)2-4-17(8-13(24)25)9-14(26)27;;;/h1-9H2,(H,18,19)(H,20,21)(H,22,23)(H,24,25)(H,26,27);;2*1H3/q;+3;;/p-3. The fourth-order valence-electron chi connectivity index (χ4n) is 2.18. The van der Waals surface area contributed by atoms with Gasteiger partial charge in [-0.25, -0.2) is 0 Å². The van der Waals surface area contributed by atoms with E-state index >= 15 is 0 Å². The number of nitrogens with zero attached hydrogens (tertiary/aromatic N) is 3. The van der Waals surface area contributed by atoms with E-state index in [9.17, 15) is 49.5 Å². The van der Waals surface area contributed by atoms with Crippen molar-refractivity contribution in [1.29, 1.82) is 0 Å². The van der Waals surface area contributed by atoms with Crippen LogP contribution in [0.15, 0.2) is 0 Å². The zero-order valence-electron chi connectivity index (χ0n) is 16.6. The summed E-state index contributed by atoms with van der Waals surface area (Å²) < 4.78 is 0. The molecule has 0 rings (SSSR count). The van der Waals surface area contributed by atoms with Crippen LogP contribution in [0.25, 0.3) is 0 Å². The van der Waals surface area contributed by atoms with Gasteiger partial charge in [0.05, 0.1) is 29.8 Å². The Kier molecular flexibility index (Phi) is 23.3. The van der Waals surface area contributed by atoms with Gasteiger partial charge in [-0.2, -0.15) is 0 Å². The Morgan fingerprint density at radius 1 is 0.433 bits per heavy atom. The summed E-state index contributed by atoms with van der Waals surface area (Å²) in [6.45, 7) is -4.16. The smallest absolute Gasteiger partial charge is 0.549 e. The van der Waals surface area contributed by atoms with Crippen molar-refractivity contribution >= 4 is 29.8 Å². The number of carbonyl (C=O) groups excluding carboxylic acids is 5. The van der Waals surface area contributed by atoms with Crippen LogP contribution in [-0.4, -0.2) is 103 Å². The average Bonchev–Trinajstić information content (AvgIpc) is 2.46. The molecule has 0 aromatic carbocycles. The quantitative estimate of drug-likeness (QED) is 0.171. The number of carbonyl (C=O) groups is 5. The molecule has 0 atom stereocenters. The van der Waals surface area contributed by atoms with E-state index in [1.54, 1.807) is 0 Å². The molecule has 0 aliphatic heterocycles. The summed E-state index contributed by atoms with van der Waals surface area (Å²) in [7, 11) is 0. The molecule has 0 heterocycles. The average molecular weight is 582 g/mol. The number of quaternary nitrogens is 2. The molecule has 30 heavy (non-hydrogen) atoms. The maximum atomic E-state index is 10.8. The van der Waals surface area contributed by atoms with Gasteiger partial charge in [0.25, 0.3) is 0 Å². The number of hydrogen-bond donors (Lipinski definition) is 2. The first-order valence-electron chi connectivity index (χ1n) is 7.66. The zero-order valence-corrected chi connectivity index (χ0v) is 18.9. The normalized spacial score (nSPS) is 9.97. The summed E-state index contributed by atoms with van der Waals surface area (Å²) in [4.78, 5) is 56.4. The van der Waals surface area contributed by atoms with E-state index in [0.29, 0.717) is 0 Å². The van der Waals surface area contributed by atoms with Gasteiger partial charge in [-0.15, -0.1) is 0 Å². The number of hydrogen-bond acceptors (Lipinski definition) is 13. The predicted molar refractivity (Wildman–Crippen MR) is 86.3 cm³/mol. The molecule has 0 bridgehead atoms. The second kappa shape index (κ2) is 19.4. The molecule has 0 unspecified atom stereocenters.